The van der Waals surface area contributed by atoms with Crippen molar-refractivity contribution in [1.82, 2.24) is 5.32 Å². The standard InChI is InChI=1S/C68H123N2O7P/c1-7-10-13-16-19-22-25-28-29-30-31-32-33-34-35-36-37-38-39-40-41-43-45-48-51-54-57-60-67(71)69-65(64-76-78(73,74)75-63-62-70(4,5)6)66(59-56-53-50-47-44-27-24-21-18-15-12-9-3)77-68(72)61-58-55-52-49-46-42-26-23-20-17-14-11-8-2/h10,13,19,22,28-29,31-32,34-35,37-38,56,59,65-66H,7-9,11-12,14-18,20-21,23-27,30,33,36,39-55,57-58,60-64H2,1-6H3,(H-,69,71,73,74)/b13-10-,22-19-,29-28-,32-31-,35-34-,38-37-,59-56-. The number of rotatable bonds is 58. The third kappa shape index (κ3) is 57.9. The molecule has 10 heteroatoms. The van der Waals surface area contributed by atoms with Gasteiger partial charge in [0.1, 0.15) is 19.3 Å². The zero-order valence-corrected chi connectivity index (χ0v) is 52.5. The molecule has 1 amide bonds. The van der Waals surface area contributed by atoms with Crippen LogP contribution in [0.3, 0.4) is 0 Å². The molecule has 3 unspecified atom stereocenters. The second kappa shape index (κ2) is 57.4. The first-order valence-corrected chi connectivity index (χ1v) is 33.9. The molecule has 0 aliphatic heterocycles. The maximum absolute atomic E-state index is 13.5. The van der Waals surface area contributed by atoms with Gasteiger partial charge in [0, 0.05) is 12.8 Å². The van der Waals surface area contributed by atoms with Crippen molar-refractivity contribution < 1.29 is 37.3 Å². The van der Waals surface area contributed by atoms with E-state index in [4.69, 9.17) is 13.8 Å². The fourth-order valence-corrected chi connectivity index (χ4v) is 9.84. The number of phosphoric ester groups is 1. The molecule has 0 saturated heterocycles. The summed E-state index contributed by atoms with van der Waals surface area (Å²) in [4.78, 5) is 40.0. The van der Waals surface area contributed by atoms with Gasteiger partial charge < -0.3 is 28.5 Å². The van der Waals surface area contributed by atoms with E-state index in [-0.39, 0.29) is 24.9 Å². The predicted octanol–water partition coefficient (Wildman–Crippen LogP) is 19.5. The highest BCUT2D eigenvalue weighted by molar-refractivity contribution is 7.45. The second-order valence-corrected chi connectivity index (χ2v) is 24.3. The van der Waals surface area contributed by atoms with Gasteiger partial charge in [-0.15, -0.1) is 0 Å². The van der Waals surface area contributed by atoms with Gasteiger partial charge in [0.15, 0.2) is 0 Å². The van der Waals surface area contributed by atoms with Gasteiger partial charge in [0.25, 0.3) is 7.82 Å². The van der Waals surface area contributed by atoms with E-state index in [0.29, 0.717) is 17.4 Å². The number of quaternary nitrogens is 1. The van der Waals surface area contributed by atoms with Crippen LogP contribution in [0.2, 0.25) is 0 Å². The molecule has 0 radical (unpaired) electrons. The molecule has 0 aromatic heterocycles. The van der Waals surface area contributed by atoms with Crippen LogP contribution in [0.1, 0.15) is 284 Å². The topological polar surface area (TPSA) is 114 Å². The number of ether oxygens (including phenoxy) is 1. The second-order valence-electron chi connectivity index (χ2n) is 22.9. The molecule has 0 spiro atoms. The third-order valence-electron chi connectivity index (χ3n) is 14.1. The lowest BCUT2D eigenvalue weighted by molar-refractivity contribution is -0.870. The normalized spacial score (nSPS) is 14.2. The number of carbonyl (C=O) groups excluding carboxylic acids is 2. The summed E-state index contributed by atoms with van der Waals surface area (Å²) in [6.07, 6.45) is 75.5. The van der Waals surface area contributed by atoms with Crippen molar-refractivity contribution in [1.29, 1.82) is 0 Å². The fraction of sp³-hybridized carbons (Fsp3) is 0.765. The van der Waals surface area contributed by atoms with Gasteiger partial charge in [-0.3, -0.25) is 14.2 Å². The molecule has 0 heterocycles. The fourth-order valence-electron chi connectivity index (χ4n) is 9.11. The van der Waals surface area contributed by atoms with Crippen LogP contribution < -0.4 is 10.2 Å². The van der Waals surface area contributed by atoms with Crippen LogP contribution in [0, 0.1) is 0 Å². The number of hydrogen-bond acceptors (Lipinski definition) is 7. The summed E-state index contributed by atoms with van der Waals surface area (Å²) < 4.78 is 30.3. The summed E-state index contributed by atoms with van der Waals surface area (Å²) in [5, 5.41) is 3.03. The summed E-state index contributed by atoms with van der Waals surface area (Å²) in [6, 6.07) is -0.894. The largest absolute Gasteiger partial charge is 0.756 e. The minimum atomic E-state index is -4.70. The van der Waals surface area contributed by atoms with Crippen molar-refractivity contribution in [2.24, 2.45) is 0 Å². The van der Waals surface area contributed by atoms with Crippen LogP contribution in [-0.4, -0.2) is 69.4 Å². The molecular weight excluding hydrogens is 988 g/mol. The van der Waals surface area contributed by atoms with Crippen LogP contribution in [0.4, 0.5) is 0 Å². The van der Waals surface area contributed by atoms with Gasteiger partial charge in [-0.25, -0.2) is 0 Å². The van der Waals surface area contributed by atoms with E-state index in [1.165, 1.54) is 141 Å². The Bertz CT molecular complexity index is 1610. The number of amides is 1. The highest BCUT2D eigenvalue weighted by atomic mass is 31.2. The molecule has 3 atom stereocenters. The number of nitrogens with one attached hydrogen (secondary N) is 1. The molecule has 78 heavy (non-hydrogen) atoms. The molecule has 0 aromatic carbocycles. The zero-order valence-electron chi connectivity index (χ0n) is 51.6. The molecule has 0 aliphatic carbocycles. The lowest BCUT2D eigenvalue weighted by atomic mass is 10.0. The third-order valence-corrected chi connectivity index (χ3v) is 15.1. The zero-order chi connectivity index (χ0) is 57.2. The number of hydrogen-bond donors (Lipinski definition) is 1. The molecule has 0 fully saturated rings. The number of nitrogens with zero attached hydrogens (tertiary/aromatic N) is 1. The predicted molar refractivity (Wildman–Crippen MR) is 335 cm³/mol. The summed E-state index contributed by atoms with van der Waals surface area (Å²) in [6.45, 7) is 6.73. The van der Waals surface area contributed by atoms with Gasteiger partial charge in [0.05, 0.1) is 33.8 Å². The molecule has 0 bridgehead atoms. The van der Waals surface area contributed by atoms with E-state index in [2.05, 4.69) is 99.0 Å². The maximum Gasteiger partial charge on any atom is 0.306 e. The number of esters is 1. The van der Waals surface area contributed by atoms with Crippen molar-refractivity contribution in [3.8, 4) is 0 Å². The smallest absolute Gasteiger partial charge is 0.306 e. The SMILES string of the molecule is CC/C=C\C/C=C\C/C=C\C/C=C\C/C=C\C/C=C\CCCCCCCCCCC(=O)NC(COP(=O)([O-])OCC[N+](C)(C)C)C(/C=C\CCCCCCCCCCCC)OC(=O)CCCCCCCCCCCCCCC. The van der Waals surface area contributed by atoms with E-state index in [9.17, 15) is 19.0 Å². The Labute approximate surface area is 482 Å². The summed E-state index contributed by atoms with van der Waals surface area (Å²) in [7, 11) is 1.18. The quantitative estimate of drug-likeness (QED) is 0.0212. The van der Waals surface area contributed by atoms with Crippen molar-refractivity contribution in [3.63, 3.8) is 0 Å². The van der Waals surface area contributed by atoms with Crippen LogP contribution in [-0.2, 0) is 27.9 Å². The van der Waals surface area contributed by atoms with Crippen molar-refractivity contribution >= 4 is 19.7 Å². The highest BCUT2D eigenvalue weighted by Crippen LogP contribution is 2.38. The number of carbonyl (C=O) groups is 2. The van der Waals surface area contributed by atoms with E-state index in [1.807, 2.05) is 33.3 Å². The maximum atomic E-state index is 13.5. The van der Waals surface area contributed by atoms with Crippen LogP contribution in [0.5, 0.6) is 0 Å². The number of phosphoric acid groups is 1. The molecule has 452 valence electrons. The Hall–Kier alpha value is -2.81. The van der Waals surface area contributed by atoms with Gasteiger partial charge in [0.2, 0.25) is 5.91 Å². The van der Waals surface area contributed by atoms with E-state index >= 15 is 0 Å². The lowest BCUT2D eigenvalue weighted by Gasteiger charge is -2.30. The Balaban J connectivity index is 5.10. The molecule has 0 aromatic rings. The first-order valence-electron chi connectivity index (χ1n) is 32.4. The van der Waals surface area contributed by atoms with Gasteiger partial charge in [-0.1, -0.05) is 273 Å². The average Bonchev–Trinajstić information content (AvgIpc) is 3.40. The minimum Gasteiger partial charge on any atom is -0.756 e. The summed E-state index contributed by atoms with van der Waals surface area (Å²) >= 11 is 0. The molecule has 0 saturated carbocycles. The Morgan fingerprint density at radius 2 is 0.821 bits per heavy atom. The molecule has 0 rings (SSSR count). The monoisotopic (exact) mass is 1110 g/mol. The molecule has 9 nitrogen and oxygen atoms in total. The van der Waals surface area contributed by atoms with Gasteiger partial charge in [-0.05, 0) is 83.1 Å². The molecule has 1 N–H and O–H groups in total. The Morgan fingerprint density at radius 3 is 1.23 bits per heavy atom. The number of likely N-dealkylation sites (N-methyl/N-ethyl adjacent to an activating group) is 1. The Kier molecular flexibility index (Phi) is 55.4. The number of allylic oxidation sites excluding steroid dienone is 13. The Morgan fingerprint density at radius 1 is 0.462 bits per heavy atom. The van der Waals surface area contributed by atoms with Crippen LogP contribution in [0.15, 0.2) is 85.1 Å². The average molecular weight is 1110 g/mol. The van der Waals surface area contributed by atoms with Crippen molar-refractivity contribution in [2.75, 3.05) is 40.9 Å². The highest BCUT2D eigenvalue weighted by Gasteiger charge is 2.27. The molecule has 0 aliphatic rings. The van der Waals surface area contributed by atoms with Crippen LogP contribution >= 0.6 is 7.82 Å². The summed E-state index contributed by atoms with van der Waals surface area (Å²) in [5.74, 6) is -0.547. The molecular formula is C68H123N2O7P. The van der Waals surface area contributed by atoms with E-state index < -0.39 is 26.6 Å². The van der Waals surface area contributed by atoms with E-state index in [0.717, 1.165) is 109 Å². The first kappa shape index (κ1) is 75.2. The first-order chi connectivity index (χ1) is 37.9. The van der Waals surface area contributed by atoms with Gasteiger partial charge in [-0.2, -0.15) is 0 Å². The summed E-state index contributed by atoms with van der Waals surface area (Å²) in [5.41, 5.74) is 0. The van der Waals surface area contributed by atoms with Crippen LogP contribution in [0.25, 0.3) is 0 Å². The van der Waals surface area contributed by atoms with Crippen molar-refractivity contribution in [2.45, 2.75) is 296 Å². The van der Waals surface area contributed by atoms with Crippen molar-refractivity contribution in [3.05, 3.63) is 85.1 Å². The lowest BCUT2D eigenvalue weighted by Crippen LogP contribution is -2.47. The van der Waals surface area contributed by atoms with E-state index in [1.54, 1.807) is 0 Å². The minimum absolute atomic E-state index is 0.0259. The van der Waals surface area contributed by atoms with Gasteiger partial charge >= 0.3 is 5.97 Å². The number of unbranched alkanes of at least 4 members (excludes halogenated alkanes) is 30.